The highest BCUT2D eigenvalue weighted by atomic mass is 19.4. The monoisotopic (exact) mass is 262 g/mol. The first-order chi connectivity index (χ1) is 7.74. The third-order valence-electron chi connectivity index (χ3n) is 2.48. The highest BCUT2D eigenvalue weighted by Gasteiger charge is 2.56. The van der Waals surface area contributed by atoms with Crippen LogP contribution in [0.5, 0.6) is 0 Å². The van der Waals surface area contributed by atoms with Crippen molar-refractivity contribution in [3.05, 3.63) is 0 Å². The zero-order chi connectivity index (χ0) is 13.5. The lowest BCUT2D eigenvalue weighted by Crippen LogP contribution is -2.45. The van der Waals surface area contributed by atoms with Gasteiger partial charge in [-0.05, 0) is 32.6 Å². The second-order valence-electron chi connectivity index (χ2n) is 3.76. The van der Waals surface area contributed by atoms with E-state index in [1.807, 2.05) is 13.8 Å². The Balaban J connectivity index is 3.72. The molecule has 104 valence electrons. The van der Waals surface area contributed by atoms with Gasteiger partial charge in [-0.2, -0.15) is 22.0 Å². The SMILES string of the molecule is CCN(CC)CCCNCC(F)(F)C(F)(F)F. The minimum atomic E-state index is -5.47. The van der Waals surface area contributed by atoms with Crippen molar-refractivity contribution >= 4 is 0 Å². The number of halogens is 5. The number of rotatable bonds is 8. The molecule has 0 bridgehead atoms. The topological polar surface area (TPSA) is 15.3 Å². The van der Waals surface area contributed by atoms with Crippen molar-refractivity contribution in [2.75, 3.05) is 32.7 Å². The summed E-state index contributed by atoms with van der Waals surface area (Å²) in [6.45, 7) is 5.11. The molecule has 0 aromatic carbocycles. The summed E-state index contributed by atoms with van der Waals surface area (Å²) < 4.78 is 60.2. The van der Waals surface area contributed by atoms with Crippen LogP contribution in [0.2, 0.25) is 0 Å². The standard InChI is InChI=1S/C10H19F5N2/c1-3-17(4-2)7-5-6-16-8-9(11,12)10(13,14)15/h16H,3-8H2,1-2H3. The van der Waals surface area contributed by atoms with Crippen LogP contribution in [0.1, 0.15) is 20.3 Å². The molecule has 7 heteroatoms. The molecule has 0 saturated carbocycles. The zero-order valence-electron chi connectivity index (χ0n) is 10.1. The van der Waals surface area contributed by atoms with E-state index in [1.165, 1.54) is 0 Å². The lowest BCUT2D eigenvalue weighted by Gasteiger charge is -2.21. The molecule has 0 saturated heterocycles. The summed E-state index contributed by atoms with van der Waals surface area (Å²) in [4.78, 5) is 2.07. The molecule has 0 aliphatic carbocycles. The van der Waals surface area contributed by atoms with Crippen molar-refractivity contribution in [2.24, 2.45) is 0 Å². The molecule has 0 unspecified atom stereocenters. The van der Waals surface area contributed by atoms with Crippen LogP contribution in [0.4, 0.5) is 22.0 Å². The number of hydrogen-bond acceptors (Lipinski definition) is 2. The normalized spacial score (nSPS) is 13.4. The van der Waals surface area contributed by atoms with Gasteiger partial charge in [-0.25, -0.2) is 0 Å². The lowest BCUT2D eigenvalue weighted by atomic mass is 10.3. The molecule has 0 rings (SSSR count). The first kappa shape index (κ1) is 16.6. The van der Waals surface area contributed by atoms with Crippen LogP contribution in [-0.4, -0.2) is 49.7 Å². The van der Waals surface area contributed by atoms with Crippen LogP contribution in [0.3, 0.4) is 0 Å². The quantitative estimate of drug-likeness (QED) is 0.534. The van der Waals surface area contributed by atoms with Gasteiger partial charge < -0.3 is 10.2 Å². The van der Waals surface area contributed by atoms with Crippen LogP contribution in [-0.2, 0) is 0 Å². The van der Waals surface area contributed by atoms with Crippen molar-refractivity contribution in [1.29, 1.82) is 0 Å². The van der Waals surface area contributed by atoms with Gasteiger partial charge in [0.05, 0.1) is 6.54 Å². The Morgan fingerprint density at radius 1 is 1.00 bits per heavy atom. The highest BCUT2D eigenvalue weighted by Crippen LogP contribution is 2.34. The van der Waals surface area contributed by atoms with E-state index in [4.69, 9.17) is 0 Å². The number of nitrogens with one attached hydrogen (secondary N) is 1. The predicted molar refractivity (Wildman–Crippen MR) is 56.3 cm³/mol. The zero-order valence-corrected chi connectivity index (χ0v) is 10.1. The maximum absolute atomic E-state index is 12.5. The molecule has 1 N–H and O–H groups in total. The van der Waals surface area contributed by atoms with Gasteiger partial charge in [0.2, 0.25) is 0 Å². The molecule has 0 aromatic rings. The molecule has 0 aliphatic rings. The molecule has 0 atom stereocenters. The largest absolute Gasteiger partial charge is 0.454 e. The Bertz CT molecular complexity index is 201. The smallest absolute Gasteiger partial charge is 0.311 e. The van der Waals surface area contributed by atoms with Crippen molar-refractivity contribution < 1.29 is 22.0 Å². The van der Waals surface area contributed by atoms with Gasteiger partial charge >= 0.3 is 12.1 Å². The molecular formula is C10H19F5N2. The molecule has 0 aromatic heterocycles. The van der Waals surface area contributed by atoms with Crippen LogP contribution >= 0.6 is 0 Å². The summed E-state index contributed by atoms with van der Waals surface area (Å²) in [5.41, 5.74) is 0. The van der Waals surface area contributed by atoms with E-state index in [2.05, 4.69) is 10.2 Å². The Kier molecular flexibility index (Phi) is 6.92. The van der Waals surface area contributed by atoms with Crippen molar-refractivity contribution in [2.45, 2.75) is 32.4 Å². The first-order valence-corrected chi connectivity index (χ1v) is 5.62. The van der Waals surface area contributed by atoms with Crippen molar-refractivity contribution in [3.8, 4) is 0 Å². The Labute approximate surface area is 98.2 Å². The van der Waals surface area contributed by atoms with Crippen molar-refractivity contribution in [3.63, 3.8) is 0 Å². The molecule has 0 aliphatic heterocycles. The van der Waals surface area contributed by atoms with E-state index in [0.29, 0.717) is 13.0 Å². The van der Waals surface area contributed by atoms with E-state index < -0.39 is 18.6 Å². The second kappa shape index (κ2) is 7.10. The average molecular weight is 262 g/mol. The molecule has 0 spiro atoms. The summed E-state index contributed by atoms with van der Waals surface area (Å²) in [6, 6.07) is 0. The van der Waals surface area contributed by atoms with E-state index in [1.54, 1.807) is 0 Å². The minimum absolute atomic E-state index is 0.155. The summed E-state index contributed by atoms with van der Waals surface area (Å²) in [5, 5.41) is 2.14. The summed E-state index contributed by atoms with van der Waals surface area (Å²) in [7, 11) is 0. The fraction of sp³-hybridized carbons (Fsp3) is 1.00. The number of nitrogens with zero attached hydrogens (tertiary/aromatic N) is 1. The van der Waals surface area contributed by atoms with Crippen molar-refractivity contribution in [1.82, 2.24) is 10.2 Å². The molecule has 0 radical (unpaired) electrons. The average Bonchev–Trinajstić information content (AvgIpc) is 2.21. The molecule has 2 nitrogen and oxygen atoms in total. The Morgan fingerprint density at radius 2 is 1.53 bits per heavy atom. The van der Waals surface area contributed by atoms with Crippen LogP contribution in [0, 0.1) is 0 Å². The predicted octanol–water partition coefficient (Wildman–Crippen LogP) is 2.51. The van der Waals surface area contributed by atoms with E-state index >= 15 is 0 Å². The van der Waals surface area contributed by atoms with E-state index in [0.717, 1.165) is 13.1 Å². The highest BCUT2D eigenvalue weighted by molar-refractivity contribution is 4.78. The first-order valence-electron chi connectivity index (χ1n) is 5.62. The van der Waals surface area contributed by atoms with Gasteiger partial charge in [-0.15, -0.1) is 0 Å². The maximum Gasteiger partial charge on any atom is 0.454 e. The van der Waals surface area contributed by atoms with Gasteiger partial charge in [0.25, 0.3) is 0 Å². The summed E-state index contributed by atoms with van der Waals surface area (Å²) >= 11 is 0. The Morgan fingerprint density at radius 3 is 1.94 bits per heavy atom. The van der Waals surface area contributed by atoms with Crippen LogP contribution < -0.4 is 5.32 Å². The second-order valence-corrected chi connectivity index (χ2v) is 3.76. The van der Waals surface area contributed by atoms with Gasteiger partial charge in [-0.3, -0.25) is 0 Å². The lowest BCUT2D eigenvalue weighted by molar-refractivity contribution is -0.279. The molecule has 0 amide bonds. The molecule has 0 heterocycles. The van der Waals surface area contributed by atoms with Crippen LogP contribution in [0.15, 0.2) is 0 Å². The number of alkyl halides is 5. The van der Waals surface area contributed by atoms with Crippen LogP contribution in [0.25, 0.3) is 0 Å². The third-order valence-corrected chi connectivity index (χ3v) is 2.48. The Hall–Kier alpha value is -0.430. The summed E-state index contributed by atoms with van der Waals surface area (Å²) in [6.07, 6.45) is -4.92. The maximum atomic E-state index is 12.5. The van der Waals surface area contributed by atoms with Gasteiger partial charge in [0, 0.05) is 0 Å². The fourth-order valence-electron chi connectivity index (χ4n) is 1.31. The van der Waals surface area contributed by atoms with E-state index in [-0.39, 0.29) is 6.54 Å². The molecule has 17 heavy (non-hydrogen) atoms. The minimum Gasteiger partial charge on any atom is -0.311 e. The molecular weight excluding hydrogens is 243 g/mol. The summed E-state index contributed by atoms with van der Waals surface area (Å²) in [5.74, 6) is -4.65. The van der Waals surface area contributed by atoms with Gasteiger partial charge in [0.15, 0.2) is 0 Å². The van der Waals surface area contributed by atoms with Gasteiger partial charge in [0.1, 0.15) is 0 Å². The molecule has 0 fully saturated rings. The van der Waals surface area contributed by atoms with E-state index in [9.17, 15) is 22.0 Å². The fourth-order valence-corrected chi connectivity index (χ4v) is 1.31. The third kappa shape index (κ3) is 6.16. The number of hydrogen-bond donors (Lipinski definition) is 1. The van der Waals surface area contributed by atoms with Gasteiger partial charge in [-0.1, -0.05) is 13.8 Å².